The third-order valence-corrected chi connectivity index (χ3v) is 3.95. The first-order valence-corrected chi connectivity index (χ1v) is 7.47. The fourth-order valence-corrected chi connectivity index (χ4v) is 2.58. The maximum absolute atomic E-state index is 12.6. The highest BCUT2D eigenvalue weighted by atomic mass is 16.2. The highest BCUT2D eigenvalue weighted by Gasteiger charge is 2.27. The summed E-state index contributed by atoms with van der Waals surface area (Å²) in [6.07, 6.45) is 6.72. The lowest BCUT2D eigenvalue weighted by molar-refractivity contribution is -0.134. The zero-order chi connectivity index (χ0) is 14.8. The van der Waals surface area contributed by atoms with E-state index in [1.807, 2.05) is 26.2 Å². The van der Waals surface area contributed by atoms with E-state index in [-0.39, 0.29) is 11.9 Å². The number of amides is 1. The Hall–Kier alpha value is -2.11. The summed E-state index contributed by atoms with van der Waals surface area (Å²) in [6, 6.07) is 3.68. The number of aromatic nitrogens is 4. The highest BCUT2D eigenvalue weighted by molar-refractivity contribution is 5.80. The fraction of sp³-hybridized carbons (Fsp3) is 0.533. The molecule has 0 spiro atoms. The average molecular weight is 287 g/mol. The number of rotatable bonds is 6. The van der Waals surface area contributed by atoms with Gasteiger partial charge in [-0.3, -0.25) is 14.6 Å². The number of aromatic amines is 1. The highest BCUT2D eigenvalue weighted by Crippen LogP contribution is 2.39. The van der Waals surface area contributed by atoms with E-state index in [2.05, 4.69) is 21.4 Å². The van der Waals surface area contributed by atoms with Crippen molar-refractivity contribution in [1.82, 2.24) is 24.9 Å². The van der Waals surface area contributed by atoms with Gasteiger partial charge in [0.15, 0.2) is 0 Å². The van der Waals surface area contributed by atoms with Gasteiger partial charge < -0.3 is 4.90 Å². The lowest BCUT2D eigenvalue weighted by Gasteiger charge is -2.22. The summed E-state index contributed by atoms with van der Waals surface area (Å²) in [5.41, 5.74) is 2.12. The Morgan fingerprint density at radius 3 is 3.00 bits per heavy atom. The van der Waals surface area contributed by atoms with E-state index in [1.54, 1.807) is 15.8 Å². The molecule has 21 heavy (non-hydrogen) atoms. The van der Waals surface area contributed by atoms with Crippen LogP contribution in [-0.4, -0.2) is 37.8 Å². The maximum atomic E-state index is 12.6. The van der Waals surface area contributed by atoms with Gasteiger partial charge in [0.05, 0.1) is 17.9 Å². The van der Waals surface area contributed by atoms with Crippen LogP contribution in [-0.2, 0) is 11.3 Å². The molecule has 0 saturated heterocycles. The van der Waals surface area contributed by atoms with E-state index < -0.39 is 0 Å². The number of nitrogens with zero attached hydrogens (tertiary/aromatic N) is 4. The first kappa shape index (κ1) is 13.9. The Balaban J connectivity index is 1.65. The fourth-order valence-electron chi connectivity index (χ4n) is 2.58. The Morgan fingerprint density at radius 1 is 1.57 bits per heavy atom. The Morgan fingerprint density at radius 2 is 2.38 bits per heavy atom. The van der Waals surface area contributed by atoms with Crippen LogP contribution in [0.15, 0.2) is 24.5 Å². The molecule has 1 amide bonds. The van der Waals surface area contributed by atoms with E-state index in [1.165, 1.54) is 12.8 Å². The van der Waals surface area contributed by atoms with Gasteiger partial charge in [0.25, 0.3) is 0 Å². The van der Waals surface area contributed by atoms with Crippen molar-refractivity contribution in [2.75, 3.05) is 7.05 Å². The number of carbonyl (C=O) groups excluding carboxylic acids is 1. The number of H-pyrrole nitrogens is 1. The van der Waals surface area contributed by atoms with Crippen molar-refractivity contribution in [1.29, 1.82) is 0 Å². The summed E-state index contributed by atoms with van der Waals surface area (Å²) in [5, 5.41) is 11.5. The lowest BCUT2D eigenvalue weighted by Crippen LogP contribution is -2.34. The second kappa shape index (κ2) is 5.71. The molecule has 0 aliphatic heterocycles. The minimum Gasteiger partial charge on any atom is -0.338 e. The smallest absolute Gasteiger partial charge is 0.247 e. The van der Waals surface area contributed by atoms with Crippen molar-refractivity contribution < 1.29 is 4.79 Å². The van der Waals surface area contributed by atoms with Gasteiger partial charge in [0.2, 0.25) is 5.91 Å². The van der Waals surface area contributed by atoms with Gasteiger partial charge in [0, 0.05) is 25.4 Å². The molecule has 0 unspecified atom stereocenters. The van der Waals surface area contributed by atoms with Crippen molar-refractivity contribution in [3.05, 3.63) is 35.9 Å². The van der Waals surface area contributed by atoms with Gasteiger partial charge in [-0.15, -0.1) is 0 Å². The molecule has 6 heteroatoms. The van der Waals surface area contributed by atoms with Crippen molar-refractivity contribution in [2.24, 2.45) is 0 Å². The van der Waals surface area contributed by atoms with Crippen LogP contribution in [0.4, 0.5) is 0 Å². The number of hydrogen-bond acceptors (Lipinski definition) is 3. The van der Waals surface area contributed by atoms with Crippen LogP contribution in [0.2, 0.25) is 0 Å². The molecule has 1 fully saturated rings. The summed E-state index contributed by atoms with van der Waals surface area (Å²) in [6.45, 7) is 2.55. The molecule has 112 valence electrons. The monoisotopic (exact) mass is 287 g/mol. The van der Waals surface area contributed by atoms with Crippen LogP contribution in [0.25, 0.3) is 0 Å². The van der Waals surface area contributed by atoms with Crippen molar-refractivity contribution in [2.45, 2.75) is 44.7 Å². The van der Waals surface area contributed by atoms with Gasteiger partial charge in [-0.05, 0) is 31.4 Å². The molecule has 0 radical (unpaired) electrons. The van der Waals surface area contributed by atoms with E-state index >= 15 is 0 Å². The van der Waals surface area contributed by atoms with Crippen molar-refractivity contribution in [3.8, 4) is 0 Å². The molecule has 1 aliphatic rings. The predicted octanol–water partition coefficient (Wildman–Crippen LogP) is 2.09. The number of likely N-dealkylation sites (N-methyl/N-ethyl adjacent to an activating group) is 1. The molecule has 1 atom stereocenters. The minimum atomic E-state index is -0.240. The van der Waals surface area contributed by atoms with Gasteiger partial charge in [0.1, 0.15) is 6.04 Å². The summed E-state index contributed by atoms with van der Waals surface area (Å²) < 4.78 is 1.72. The molecule has 2 aromatic heterocycles. The largest absolute Gasteiger partial charge is 0.338 e. The maximum Gasteiger partial charge on any atom is 0.247 e. The number of hydrogen-bond donors (Lipinski definition) is 1. The molecule has 1 aliphatic carbocycles. The van der Waals surface area contributed by atoms with Gasteiger partial charge in [-0.2, -0.15) is 10.2 Å². The summed E-state index contributed by atoms with van der Waals surface area (Å²) >= 11 is 0. The standard InChI is InChI=1S/C15H21N5O/c1-3-14(20-8-4-7-16-20)15(21)19(2)10-12-9-13(18-17-12)11-5-6-11/h4,7-9,11,14H,3,5-6,10H2,1-2H3,(H,17,18)/t14-/m0/s1. The van der Waals surface area contributed by atoms with Crippen LogP contribution in [0.1, 0.15) is 49.5 Å². The van der Waals surface area contributed by atoms with Crippen molar-refractivity contribution >= 4 is 5.91 Å². The second-order valence-electron chi connectivity index (χ2n) is 5.70. The summed E-state index contributed by atoms with van der Waals surface area (Å²) in [5.74, 6) is 0.701. The SMILES string of the molecule is CC[C@@H](C(=O)N(C)Cc1cc(C2CC2)n[nH]1)n1cccn1. The summed E-state index contributed by atoms with van der Waals surface area (Å²) in [7, 11) is 1.83. The van der Waals surface area contributed by atoms with Crippen LogP contribution in [0, 0.1) is 0 Å². The molecular weight excluding hydrogens is 266 g/mol. The molecule has 0 aromatic carbocycles. The van der Waals surface area contributed by atoms with Gasteiger partial charge >= 0.3 is 0 Å². The van der Waals surface area contributed by atoms with Crippen LogP contribution >= 0.6 is 0 Å². The van der Waals surface area contributed by atoms with E-state index in [4.69, 9.17) is 0 Å². The first-order chi connectivity index (χ1) is 10.2. The third-order valence-electron chi connectivity index (χ3n) is 3.95. The van der Waals surface area contributed by atoms with E-state index in [0.717, 1.165) is 17.8 Å². The van der Waals surface area contributed by atoms with E-state index in [0.29, 0.717) is 12.5 Å². The van der Waals surface area contributed by atoms with Crippen molar-refractivity contribution in [3.63, 3.8) is 0 Å². The Bertz CT molecular complexity index is 599. The third kappa shape index (κ3) is 2.99. The molecular formula is C15H21N5O. The Labute approximate surface area is 124 Å². The molecule has 3 rings (SSSR count). The number of nitrogens with one attached hydrogen (secondary N) is 1. The molecule has 6 nitrogen and oxygen atoms in total. The molecule has 1 N–H and O–H groups in total. The van der Waals surface area contributed by atoms with E-state index in [9.17, 15) is 4.79 Å². The van der Waals surface area contributed by atoms with Crippen LogP contribution in [0.5, 0.6) is 0 Å². The number of carbonyl (C=O) groups is 1. The average Bonchev–Trinajstić information content (AvgIpc) is 3.00. The molecule has 2 aromatic rings. The molecule has 1 saturated carbocycles. The van der Waals surface area contributed by atoms with Crippen LogP contribution in [0.3, 0.4) is 0 Å². The quantitative estimate of drug-likeness (QED) is 0.884. The Kier molecular flexibility index (Phi) is 3.77. The topological polar surface area (TPSA) is 66.8 Å². The minimum absolute atomic E-state index is 0.0729. The normalized spacial score (nSPS) is 15.9. The first-order valence-electron chi connectivity index (χ1n) is 7.47. The van der Waals surface area contributed by atoms with Crippen LogP contribution < -0.4 is 0 Å². The molecule has 0 bridgehead atoms. The van der Waals surface area contributed by atoms with Gasteiger partial charge in [-0.25, -0.2) is 0 Å². The zero-order valence-electron chi connectivity index (χ0n) is 12.5. The second-order valence-corrected chi connectivity index (χ2v) is 5.70. The molecule has 2 heterocycles. The summed E-state index contributed by atoms with van der Waals surface area (Å²) in [4.78, 5) is 14.3. The lowest BCUT2D eigenvalue weighted by atomic mass is 10.2. The zero-order valence-corrected chi connectivity index (χ0v) is 12.5. The van der Waals surface area contributed by atoms with Gasteiger partial charge in [-0.1, -0.05) is 6.92 Å². The predicted molar refractivity (Wildman–Crippen MR) is 78.6 cm³/mol.